The Balaban J connectivity index is 0.000000913. The number of nitrogens with one attached hydrogen (secondary N) is 1. The third kappa shape index (κ3) is 6.36. The van der Waals surface area contributed by atoms with Crippen LogP contribution >= 0.6 is 11.9 Å². The Morgan fingerprint density at radius 1 is 1.25 bits per heavy atom. The minimum absolute atomic E-state index is 0.0458. The van der Waals surface area contributed by atoms with E-state index in [-0.39, 0.29) is 35.5 Å². The summed E-state index contributed by atoms with van der Waals surface area (Å²) in [4.78, 5) is 21.0. The van der Waals surface area contributed by atoms with Crippen molar-refractivity contribution in [3.05, 3.63) is 65.7 Å². The van der Waals surface area contributed by atoms with Crippen LogP contribution in [0.1, 0.15) is 31.0 Å². The number of rotatable bonds is 8. The number of nitrogens with zero attached hydrogens (tertiary/aromatic N) is 3. The number of ether oxygens (including phenoxy) is 1. The first-order valence-electron chi connectivity index (χ1n) is 9.99. The molecule has 2 aromatic heterocycles. The summed E-state index contributed by atoms with van der Waals surface area (Å²) in [7, 11) is 0. The van der Waals surface area contributed by atoms with Crippen LogP contribution in [0, 0.1) is 11.6 Å². The van der Waals surface area contributed by atoms with Gasteiger partial charge in [0.2, 0.25) is 12.3 Å². The van der Waals surface area contributed by atoms with Crippen molar-refractivity contribution < 1.29 is 18.3 Å². The maximum atomic E-state index is 14.7. The fourth-order valence-corrected chi connectivity index (χ4v) is 3.59. The first-order valence-corrected chi connectivity index (χ1v) is 10.9. The summed E-state index contributed by atoms with van der Waals surface area (Å²) in [6.07, 6.45) is 7.38. The highest BCUT2D eigenvalue weighted by Crippen LogP contribution is 2.34. The zero-order valence-corrected chi connectivity index (χ0v) is 18.2. The molecule has 3 aromatic rings. The molecule has 0 unspecified atom stereocenters. The molecule has 1 fully saturated rings. The lowest BCUT2D eigenvalue weighted by Crippen LogP contribution is -2.02. The SMILES string of the molecule is CCOc1cncc(-c2ccc(Cc3cc(NSC4CC4)ccn3)c(F)c2F)n1.NC=O. The minimum atomic E-state index is -0.955. The number of aromatic nitrogens is 3. The lowest BCUT2D eigenvalue weighted by molar-refractivity contribution is -0.106. The topological polar surface area (TPSA) is 103 Å². The van der Waals surface area contributed by atoms with E-state index in [1.165, 1.54) is 31.3 Å². The van der Waals surface area contributed by atoms with Gasteiger partial charge in [-0.1, -0.05) is 6.07 Å². The van der Waals surface area contributed by atoms with Gasteiger partial charge in [0.25, 0.3) is 0 Å². The number of carbonyl (C=O) groups excluding carboxylic acids is 1. The van der Waals surface area contributed by atoms with Crippen LogP contribution in [0.3, 0.4) is 0 Å². The number of benzene rings is 1. The maximum Gasteiger partial charge on any atom is 0.232 e. The van der Waals surface area contributed by atoms with E-state index in [9.17, 15) is 8.78 Å². The van der Waals surface area contributed by atoms with Gasteiger partial charge in [0.1, 0.15) is 0 Å². The van der Waals surface area contributed by atoms with Gasteiger partial charge in [0.05, 0.1) is 24.7 Å². The molecule has 168 valence electrons. The molecule has 0 aliphatic heterocycles. The third-order valence-electron chi connectivity index (χ3n) is 4.40. The molecule has 0 spiro atoms. The average Bonchev–Trinajstić information content (AvgIpc) is 3.62. The van der Waals surface area contributed by atoms with E-state index in [0.717, 1.165) is 5.69 Å². The van der Waals surface area contributed by atoms with E-state index >= 15 is 0 Å². The highest BCUT2D eigenvalue weighted by molar-refractivity contribution is 8.01. The second-order valence-electron chi connectivity index (χ2n) is 6.84. The highest BCUT2D eigenvalue weighted by Gasteiger charge is 2.22. The first kappa shape index (κ1) is 23.4. The Morgan fingerprint density at radius 3 is 2.75 bits per heavy atom. The van der Waals surface area contributed by atoms with Crippen molar-refractivity contribution in [2.45, 2.75) is 31.4 Å². The number of hydrogen-bond acceptors (Lipinski definition) is 7. The van der Waals surface area contributed by atoms with Gasteiger partial charge in [0, 0.05) is 34.8 Å². The van der Waals surface area contributed by atoms with Gasteiger partial charge < -0.3 is 15.2 Å². The summed E-state index contributed by atoms with van der Waals surface area (Å²) in [5.74, 6) is -1.59. The summed E-state index contributed by atoms with van der Waals surface area (Å²) in [6.45, 7) is 2.22. The van der Waals surface area contributed by atoms with Gasteiger partial charge in [-0.25, -0.2) is 13.8 Å². The molecule has 1 saturated carbocycles. The fourth-order valence-electron chi connectivity index (χ4n) is 2.79. The lowest BCUT2D eigenvalue weighted by Gasteiger charge is -2.10. The fraction of sp³-hybridized carbons (Fsp3) is 0.273. The molecule has 4 rings (SSSR count). The molecule has 1 amide bonds. The smallest absolute Gasteiger partial charge is 0.232 e. The van der Waals surface area contributed by atoms with Gasteiger partial charge in [-0.2, -0.15) is 0 Å². The Bertz CT molecular complexity index is 1070. The Morgan fingerprint density at radius 2 is 2.03 bits per heavy atom. The number of halogens is 2. The Hall–Kier alpha value is -3.27. The van der Waals surface area contributed by atoms with E-state index in [1.807, 2.05) is 19.1 Å². The zero-order chi connectivity index (χ0) is 22.9. The standard InChI is InChI=1S/C21H20F2N4OS.CH3NO/c1-2-28-19-12-24-11-18(26-19)17-6-3-13(20(22)21(17)23)9-15-10-14(7-8-25-15)27-29-16-4-5-16;2-1-3/h3,6-8,10-12,16H,2,4-5,9H2,1H3,(H,25,27);1H,(H2,2,3). The van der Waals surface area contributed by atoms with E-state index in [2.05, 4.69) is 25.4 Å². The molecule has 10 heteroatoms. The van der Waals surface area contributed by atoms with Gasteiger partial charge in [-0.3, -0.25) is 14.8 Å². The van der Waals surface area contributed by atoms with Gasteiger partial charge >= 0.3 is 0 Å². The molecule has 7 nitrogen and oxygen atoms in total. The average molecular weight is 460 g/mol. The molecule has 0 bridgehead atoms. The molecule has 3 N–H and O–H groups in total. The molecule has 1 aliphatic carbocycles. The summed E-state index contributed by atoms with van der Waals surface area (Å²) in [5, 5.41) is 0.662. The van der Waals surface area contributed by atoms with Crippen LogP contribution in [0.15, 0.2) is 42.9 Å². The first-order chi connectivity index (χ1) is 15.5. The van der Waals surface area contributed by atoms with E-state index < -0.39 is 11.6 Å². The lowest BCUT2D eigenvalue weighted by atomic mass is 10.0. The summed E-state index contributed by atoms with van der Waals surface area (Å²) in [5.41, 5.74) is 6.24. The van der Waals surface area contributed by atoms with Crippen LogP contribution in [0.5, 0.6) is 5.88 Å². The zero-order valence-electron chi connectivity index (χ0n) is 17.4. The predicted octanol–water partition coefficient (Wildman–Crippen LogP) is 4.13. The van der Waals surface area contributed by atoms with Gasteiger partial charge in [-0.05, 0) is 55.5 Å². The molecule has 0 radical (unpaired) electrons. The number of pyridine rings is 1. The number of amides is 1. The summed E-state index contributed by atoms with van der Waals surface area (Å²) >= 11 is 1.69. The molecule has 32 heavy (non-hydrogen) atoms. The van der Waals surface area contributed by atoms with E-state index in [4.69, 9.17) is 9.53 Å². The molecule has 1 aliphatic rings. The minimum Gasteiger partial charge on any atom is -0.477 e. The van der Waals surface area contributed by atoms with Crippen LogP contribution in [0.25, 0.3) is 11.3 Å². The largest absolute Gasteiger partial charge is 0.477 e. The normalized spacial score (nSPS) is 12.5. The van der Waals surface area contributed by atoms with Crippen LogP contribution in [0.2, 0.25) is 0 Å². The highest BCUT2D eigenvalue weighted by atomic mass is 32.2. The van der Waals surface area contributed by atoms with Crippen molar-refractivity contribution in [2.75, 3.05) is 11.3 Å². The van der Waals surface area contributed by atoms with Crippen molar-refractivity contribution >= 4 is 24.0 Å². The number of anilines is 1. The van der Waals surface area contributed by atoms with Crippen LogP contribution < -0.4 is 15.2 Å². The van der Waals surface area contributed by atoms with Crippen molar-refractivity contribution in [3.63, 3.8) is 0 Å². The van der Waals surface area contributed by atoms with Crippen molar-refractivity contribution in [1.82, 2.24) is 15.0 Å². The number of primary amides is 1. The number of carbonyl (C=O) groups is 1. The van der Waals surface area contributed by atoms with E-state index in [0.29, 0.717) is 17.6 Å². The number of nitrogens with two attached hydrogens (primary N) is 1. The van der Waals surface area contributed by atoms with Crippen LogP contribution in [-0.2, 0) is 11.2 Å². The van der Waals surface area contributed by atoms with Crippen molar-refractivity contribution in [1.29, 1.82) is 0 Å². The molecular formula is C22H23F2N5O2S. The molecule has 1 aromatic carbocycles. The molecule has 2 heterocycles. The second kappa shape index (κ2) is 11.4. The number of hydrogen-bond donors (Lipinski definition) is 2. The van der Waals surface area contributed by atoms with Gasteiger partial charge in [-0.15, -0.1) is 0 Å². The second-order valence-corrected chi connectivity index (χ2v) is 7.95. The third-order valence-corrected chi connectivity index (χ3v) is 5.56. The van der Waals surface area contributed by atoms with Crippen LogP contribution in [-0.4, -0.2) is 33.2 Å². The monoisotopic (exact) mass is 459 g/mol. The van der Waals surface area contributed by atoms with Crippen molar-refractivity contribution in [3.8, 4) is 17.1 Å². The quantitative estimate of drug-likeness (QED) is 0.386. The Labute approximate surface area is 189 Å². The van der Waals surface area contributed by atoms with E-state index in [1.54, 1.807) is 24.2 Å². The molecular weight excluding hydrogens is 436 g/mol. The van der Waals surface area contributed by atoms with Crippen molar-refractivity contribution in [2.24, 2.45) is 5.73 Å². The van der Waals surface area contributed by atoms with Gasteiger partial charge in [0.15, 0.2) is 11.6 Å². The Kier molecular flexibility index (Phi) is 8.32. The summed E-state index contributed by atoms with van der Waals surface area (Å²) < 4.78 is 38.1. The molecule has 0 saturated heterocycles. The maximum absolute atomic E-state index is 14.7. The summed E-state index contributed by atoms with van der Waals surface area (Å²) in [6, 6.07) is 6.79. The van der Waals surface area contributed by atoms with Crippen LogP contribution in [0.4, 0.5) is 14.5 Å². The predicted molar refractivity (Wildman–Crippen MR) is 120 cm³/mol. The molecule has 0 atom stereocenters.